The molecule has 1 aliphatic heterocycles. The van der Waals surface area contributed by atoms with Gasteiger partial charge in [-0.1, -0.05) is 0 Å². The molecule has 3 rings (SSSR count). The molecule has 1 unspecified atom stereocenters. The Bertz CT molecular complexity index is 586. The van der Waals surface area contributed by atoms with Crippen LogP contribution in [0.3, 0.4) is 0 Å². The van der Waals surface area contributed by atoms with Crippen molar-refractivity contribution >= 4 is 54.4 Å². The number of halogens is 1. The van der Waals surface area contributed by atoms with Crippen LogP contribution in [-0.4, -0.2) is 13.8 Å². The number of para-hydroxylation sites is 1. The van der Waals surface area contributed by atoms with Crippen LogP contribution in [0.25, 0.3) is 0 Å². The van der Waals surface area contributed by atoms with E-state index < -0.39 is 0 Å². The third-order valence-corrected chi connectivity index (χ3v) is 7.35. The topological polar surface area (TPSA) is 24.4 Å². The molecule has 1 atom stereocenters. The summed E-state index contributed by atoms with van der Waals surface area (Å²) in [6.07, 6.45) is 0. The molecule has 0 aromatic heterocycles. The molecule has 0 radical (unpaired) electrons. The van der Waals surface area contributed by atoms with Gasteiger partial charge in [0.25, 0.3) is 0 Å². The summed E-state index contributed by atoms with van der Waals surface area (Å²) in [6, 6.07) is 16.4. The van der Waals surface area contributed by atoms with Gasteiger partial charge in [0.05, 0.1) is 0 Å². The Labute approximate surface area is 112 Å². The van der Waals surface area contributed by atoms with Crippen LogP contribution < -0.4 is 9.78 Å². The molecule has 2 nitrogen and oxygen atoms in total. The van der Waals surface area contributed by atoms with Crippen molar-refractivity contribution in [2.75, 3.05) is 5.32 Å². The first-order valence-corrected chi connectivity index (χ1v) is 9.97. The van der Waals surface area contributed by atoms with Crippen molar-refractivity contribution in [3.63, 3.8) is 0 Å². The van der Waals surface area contributed by atoms with Crippen molar-refractivity contribution in [2.45, 2.75) is 0 Å². The van der Waals surface area contributed by atoms with Gasteiger partial charge in [0.2, 0.25) is 0 Å². The third kappa shape index (κ3) is 2.55. The van der Waals surface area contributed by atoms with Gasteiger partial charge in [0, 0.05) is 0 Å². The average molecular weight is 328 g/mol. The van der Waals surface area contributed by atoms with Crippen LogP contribution in [0.1, 0.15) is 0 Å². The van der Waals surface area contributed by atoms with Crippen LogP contribution in [0.2, 0.25) is 0 Å². The van der Waals surface area contributed by atoms with Crippen molar-refractivity contribution in [1.29, 1.82) is 0 Å². The minimum atomic E-state index is -0.292. The van der Waals surface area contributed by atoms with E-state index in [1.54, 1.807) is 0 Å². The van der Waals surface area contributed by atoms with Crippen LogP contribution >= 0.6 is 10.7 Å². The van der Waals surface area contributed by atoms with Crippen LogP contribution in [0.5, 0.6) is 0 Å². The van der Waals surface area contributed by atoms with E-state index in [1.165, 1.54) is 4.46 Å². The summed E-state index contributed by atoms with van der Waals surface area (Å²) >= 11 is 0.283. The van der Waals surface area contributed by atoms with E-state index in [-0.39, 0.29) is 22.2 Å². The van der Waals surface area contributed by atoms with Gasteiger partial charge in [-0.25, -0.2) is 0 Å². The molecule has 2 aromatic carbocycles. The molecule has 0 spiro atoms. The van der Waals surface area contributed by atoms with Gasteiger partial charge >= 0.3 is 113 Å². The fourth-order valence-electron chi connectivity index (χ4n) is 1.59. The molecular formula is C12H9ClN2SSe. The zero-order valence-corrected chi connectivity index (χ0v) is 12.0. The van der Waals surface area contributed by atoms with Gasteiger partial charge in [-0.2, -0.15) is 0 Å². The first kappa shape index (κ1) is 11.3. The predicted molar refractivity (Wildman–Crippen MR) is 76.9 cm³/mol. The second-order valence-electron chi connectivity index (χ2n) is 3.55. The second-order valence-corrected chi connectivity index (χ2v) is 10.4. The SMILES string of the molecule is ClS1=Nc2ccc(Nc3ccccc3)cc2[Se]1. The Hall–Kier alpha value is -0.801. The van der Waals surface area contributed by atoms with E-state index in [1.807, 2.05) is 30.3 Å². The standard InChI is InChI=1S/C12H9ClN2SSe/c13-16-15-11-7-6-10(8-12(11)17-16)14-9-4-2-1-3-5-9/h1-8,14H. The average Bonchev–Trinajstić information content (AvgIpc) is 2.70. The van der Waals surface area contributed by atoms with Crippen molar-refractivity contribution < 1.29 is 0 Å². The maximum atomic E-state index is 6.06. The first-order chi connectivity index (χ1) is 8.31. The van der Waals surface area contributed by atoms with Gasteiger partial charge in [0.15, 0.2) is 0 Å². The fourth-order valence-corrected chi connectivity index (χ4v) is 6.65. The quantitative estimate of drug-likeness (QED) is 0.841. The van der Waals surface area contributed by atoms with E-state index in [9.17, 15) is 0 Å². The van der Waals surface area contributed by atoms with Gasteiger partial charge in [-0.3, -0.25) is 0 Å². The number of hydrogen-bond acceptors (Lipinski definition) is 2. The maximum absolute atomic E-state index is 6.06. The van der Waals surface area contributed by atoms with E-state index in [2.05, 4.69) is 27.9 Å². The van der Waals surface area contributed by atoms with Gasteiger partial charge in [0.1, 0.15) is 0 Å². The molecule has 1 aliphatic rings. The van der Waals surface area contributed by atoms with Gasteiger partial charge < -0.3 is 0 Å². The third-order valence-electron chi connectivity index (χ3n) is 2.35. The summed E-state index contributed by atoms with van der Waals surface area (Å²) in [5.41, 5.74) is 3.25. The fraction of sp³-hybridized carbons (Fsp3) is 0. The molecule has 2 aromatic rings. The summed E-state index contributed by atoms with van der Waals surface area (Å²) in [5.74, 6) is 0. The van der Waals surface area contributed by atoms with Crippen molar-refractivity contribution in [2.24, 2.45) is 4.36 Å². The van der Waals surface area contributed by atoms with E-state index in [0.717, 1.165) is 17.1 Å². The molecule has 0 fully saturated rings. The molecule has 86 valence electrons. The number of rotatable bonds is 2. The number of nitrogens with one attached hydrogen (secondary N) is 1. The monoisotopic (exact) mass is 328 g/mol. The Kier molecular flexibility index (Phi) is 3.21. The van der Waals surface area contributed by atoms with Crippen LogP contribution in [-0.2, 0) is 8.32 Å². The summed E-state index contributed by atoms with van der Waals surface area (Å²) in [6.45, 7) is 0. The Morgan fingerprint density at radius 2 is 1.88 bits per heavy atom. The Balaban J connectivity index is 1.86. The van der Waals surface area contributed by atoms with E-state index >= 15 is 0 Å². The first-order valence-electron chi connectivity index (χ1n) is 5.08. The second kappa shape index (κ2) is 4.83. The van der Waals surface area contributed by atoms with Crippen LogP contribution in [0.15, 0.2) is 52.9 Å². The zero-order chi connectivity index (χ0) is 11.7. The van der Waals surface area contributed by atoms with Gasteiger partial charge in [-0.15, -0.1) is 0 Å². The van der Waals surface area contributed by atoms with Crippen molar-refractivity contribution in [1.82, 2.24) is 0 Å². The normalized spacial score (nSPS) is 17.4. The summed E-state index contributed by atoms with van der Waals surface area (Å²) in [7, 11) is 5.77. The zero-order valence-electron chi connectivity index (χ0n) is 8.76. The number of hydrogen-bond donors (Lipinski definition) is 1. The molecular weight excluding hydrogens is 319 g/mol. The molecule has 0 saturated heterocycles. The minimum absolute atomic E-state index is 0.283. The number of benzene rings is 2. The van der Waals surface area contributed by atoms with Crippen molar-refractivity contribution in [3.8, 4) is 0 Å². The number of nitrogens with zero attached hydrogens (tertiary/aromatic N) is 1. The van der Waals surface area contributed by atoms with E-state index in [0.29, 0.717) is 0 Å². The van der Waals surface area contributed by atoms with Crippen LogP contribution in [0, 0.1) is 0 Å². The summed E-state index contributed by atoms with van der Waals surface area (Å²) in [5, 5.41) is 3.38. The van der Waals surface area contributed by atoms with Crippen molar-refractivity contribution in [3.05, 3.63) is 48.5 Å². The number of anilines is 2. The Morgan fingerprint density at radius 1 is 1.06 bits per heavy atom. The van der Waals surface area contributed by atoms with E-state index in [4.69, 9.17) is 10.7 Å². The number of fused-ring (bicyclic) bond motifs is 1. The summed E-state index contributed by atoms with van der Waals surface area (Å²) < 4.78 is 5.68. The predicted octanol–water partition coefficient (Wildman–Crippen LogP) is 3.28. The molecule has 0 aliphatic carbocycles. The molecule has 0 amide bonds. The summed E-state index contributed by atoms with van der Waals surface area (Å²) in [4.78, 5) is 0. The molecule has 1 N–H and O–H groups in total. The van der Waals surface area contributed by atoms with Gasteiger partial charge in [-0.05, 0) is 0 Å². The molecule has 1 heterocycles. The molecule has 5 heteroatoms. The molecule has 0 bridgehead atoms. The molecule has 0 saturated carbocycles. The Morgan fingerprint density at radius 3 is 2.71 bits per heavy atom. The molecule has 17 heavy (non-hydrogen) atoms. The van der Waals surface area contributed by atoms with Crippen LogP contribution in [0.4, 0.5) is 17.1 Å².